The second-order valence-corrected chi connectivity index (χ2v) is 4.45. The molecule has 0 bridgehead atoms. The van der Waals surface area contributed by atoms with Crippen LogP contribution in [0, 0.1) is 17.6 Å². The molecule has 2 heterocycles. The Bertz CT molecular complexity index is 428. The minimum atomic E-state index is -1.31. The smallest absolute Gasteiger partial charge is 0.251 e. The van der Waals surface area contributed by atoms with E-state index in [1.165, 1.54) is 4.90 Å². The van der Waals surface area contributed by atoms with E-state index in [0.717, 1.165) is 19.3 Å². The number of hydrogen-bond donors (Lipinski definition) is 1. The fourth-order valence-corrected chi connectivity index (χ4v) is 2.28. The van der Waals surface area contributed by atoms with Crippen LogP contribution >= 0.6 is 0 Å². The molecule has 0 aliphatic carbocycles. The minimum Gasteiger partial charge on any atom is -0.394 e. The maximum atomic E-state index is 13.7. The van der Waals surface area contributed by atoms with E-state index in [-0.39, 0.29) is 18.5 Å². The molecular formula is C12H15F3N2O. The third-order valence-corrected chi connectivity index (χ3v) is 3.23. The summed E-state index contributed by atoms with van der Waals surface area (Å²) in [6, 6.07) is 0.205. The lowest BCUT2D eigenvalue weighted by molar-refractivity contribution is 0.253. The predicted octanol–water partition coefficient (Wildman–Crippen LogP) is 2.24. The van der Waals surface area contributed by atoms with Crippen molar-refractivity contribution in [3.8, 4) is 0 Å². The van der Waals surface area contributed by atoms with Gasteiger partial charge in [-0.15, -0.1) is 0 Å². The number of aromatic nitrogens is 1. The van der Waals surface area contributed by atoms with Gasteiger partial charge in [-0.25, -0.2) is 8.78 Å². The fourth-order valence-electron chi connectivity index (χ4n) is 2.28. The van der Waals surface area contributed by atoms with Crippen molar-refractivity contribution in [2.45, 2.75) is 31.7 Å². The summed E-state index contributed by atoms with van der Waals surface area (Å²) in [6.07, 6.45) is 3.40. The first kappa shape index (κ1) is 13.1. The van der Waals surface area contributed by atoms with E-state index in [1.807, 2.05) is 0 Å². The molecule has 1 N–H and O–H groups in total. The molecule has 1 atom stereocenters. The maximum absolute atomic E-state index is 13.7. The standard InChI is InChI=1S/C12H15F3N2O/c13-9-6-10(14)12(16-11(9)15)17-5-3-1-2-4-8(17)7-18/h6,8,18H,1-5,7H2. The quantitative estimate of drug-likeness (QED) is 0.828. The highest BCUT2D eigenvalue weighted by Gasteiger charge is 2.25. The maximum Gasteiger partial charge on any atom is 0.251 e. The average Bonchev–Trinajstić information content (AvgIpc) is 2.58. The lowest BCUT2D eigenvalue weighted by atomic mass is 10.1. The number of aliphatic hydroxyl groups excluding tert-OH is 1. The molecule has 0 amide bonds. The van der Waals surface area contributed by atoms with Crippen molar-refractivity contribution in [3.05, 3.63) is 23.6 Å². The van der Waals surface area contributed by atoms with Crippen LogP contribution in [0.5, 0.6) is 0 Å². The van der Waals surface area contributed by atoms with Crippen LogP contribution in [0.3, 0.4) is 0 Å². The molecule has 0 spiro atoms. The van der Waals surface area contributed by atoms with Gasteiger partial charge in [0, 0.05) is 12.6 Å². The monoisotopic (exact) mass is 260 g/mol. The number of halogens is 3. The molecule has 0 aromatic carbocycles. The molecule has 0 saturated carbocycles. The Balaban J connectivity index is 2.35. The Hall–Kier alpha value is -1.30. The Morgan fingerprint density at radius 1 is 1.22 bits per heavy atom. The van der Waals surface area contributed by atoms with E-state index in [4.69, 9.17) is 0 Å². The normalized spacial score (nSPS) is 20.9. The van der Waals surface area contributed by atoms with Crippen LogP contribution in [0.15, 0.2) is 6.07 Å². The summed E-state index contributed by atoms with van der Waals surface area (Å²) in [7, 11) is 0. The average molecular weight is 260 g/mol. The predicted molar refractivity (Wildman–Crippen MR) is 60.8 cm³/mol. The molecule has 100 valence electrons. The van der Waals surface area contributed by atoms with Gasteiger partial charge in [-0.05, 0) is 12.8 Å². The number of hydrogen-bond acceptors (Lipinski definition) is 3. The van der Waals surface area contributed by atoms with Gasteiger partial charge in [0.25, 0.3) is 5.95 Å². The van der Waals surface area contributed by atoms with Gasteiger partial charge in [0.05, 0.1) is 12.6 Å². The third kappa shape index (κ3) is 2.58. The van der Waals surface area contributed by atoms with Gasteiger partial charge in [0.1, 0.15) is 0 Å². The van der Waals surface area contributed by atoms with Crippen molar-refractivity contribution >= 4 is 5.82 Å². The summed E-state index contributed by atoms with van der Waals surface area (Å²) >= 11 is 0. The van der Waals surface area contributed by atoms with Crippen LogP contribution < -0.4 is 4.90 Å². The van der Waals surface area contributed by atoms with Crippen molar-refractivity contribution in [3.63, 3.8) is 0 Å². The first-order valence-corrected chi connectivity index (χ1v) is 6.02. The highest BCUT2D eigenvalue weighted by atomic mass is 19.2. The number of rotatable bonds is 2. The number of anilines is 1. The lowest BCUT2D eigenvalue weighted by Crippen LogP contribution is -2.39. The molecule has 0 radical (unpaired) electrons. The van der Waals surface area contributed by atoms with Gasteiger partial charge in [0.15, 0.2) is 17.5 Å². The summed E-state index contributed by atoms with van der Waals surface area (Å²) in [6.45, 7) is 0.334. The Morgan fingerprint density at radius 2 is 2.00 bits per heavy atom. The summed E-state index contributed by atoms with van der Waals surface area (Å²) < 4.78 is 39.6. The molecule has 1 aliphatic heterocycles. The molecule has 1 fully saturated rings. The van der Waals surface area contributed by atoms with Crippen LogP contribution in [-0.2, 0) is 0 Å². The summed E-state index contributed by atoms with van der Waals surface area (Å²) in [5, 5.41) is 9.30. The zero-order valence-corrected chi connectivity index (χ0v) is 9.87. The van der Waals surface area contributed by atoms with Crippen molar-refractivity contribution in [2.75, 3.05) is 18.1 Å². The molecule has 18 heavy (non-hydrogen) atoms. The molecule has 1 aromatic heterocycles. The van der Waals surface area contributed by atoms with E-state index >= 15 is 0 Å². The molecule has 1 saturated heterocycles. The van der Waals surface area contributed by atoms with Crippen LogP contribution in [-0.4, -0.2) is 29.3 Å². The molecular weight excluding hydrogens is 245 g/mol. The van der Waals surface area contributed by atoms with Crippen LogP contribution in [0.2, 0.25) is 0 Å². The zero-order chi connectivity index (χ0) is 13.1. The first-order valence-electron chi connectivity index (χ1n) is 6.02. The second kappa shape index (κ2) is 5.56. The Kier molecular flexibility index (Phi) is 4.06. The van der Waals surface area contributed by atoms with Gasteiger partial charge >= 0.3 is 0 Å². The lowest BCUT2D eigenvalue weighted by Gasteiger charge is -2.29. The van der Waals surface area contributed by atoms with Gasteiger partial charge in [-0.2, -0.15) is 9.37 Å². The van der Waals surface area contributed by atoms with E-state index in [9.17, 15) is 18.3 Å². The van der Waals surface area contributed by atoms with Gasteiger partial charge in [-0.1, -0.05) is 12.8 Å². The first-order chi connectivity index (χ1) is 8.63. The number of nitrogens with zero attached hydrogens (tertiary/aromatic N) is 2. The van der Waals surface area contributed by atoms with Gasteiger partial charge in [0.2, 0.25) is 0 Å². The highest BCUT2D eigenvalue weighted by Crippen LogP contribution is 2.25. The van der Waals surface area contributed by atoms with Crippen LogP contribution in [0.1, 0.15) is 25.7 Å². The SMILES string of the molecule is OCC1CCCCCN1c1nc(F)c(F)cc1F. The van der Waals surface area contributed by atoms with E-state index < -0.39 is 17.6 Å². The molecule has 3 nitrogen and oxygen atoms in total. The number of pyridine rings is 1. The van der Waals surface area contributed by atoms with Crippen LogP contribution in [0.25, 0.3) is 0 Å². The molecule has 1 aromatic rings. The minimum absolute atomic E-state index is 0.153. The zero-order valence-electron chi connectivity index (χ0n) is 9.87. The van der Waals surface area contributed by atoms with E-state index in [2.05, 4.69) is 4.98 Å². The van der Waals surface area contributed by atoms with Gasteiger partial charge < -0.3 is 10.0 Å². The third-order valence-electron chi connectivity index (χ3n) is 3.23. The van der Waals surface area contributed by atoms with Crippen LogP contribution in [0.4, 0.5) is 19.0 Å². The fraction of sp³-hybridized carbons (Fsp3) is 0.583. The van der Waals surface area contributed by atoms with Crippen molar-refractivity contribution in [1.29, 1.82) is 0 Å². The van der Waals surface area contributed by atoms with Crippen molar-refractivity contribution in [1.82, 2.24) is 4.98 Å². The Morgan fingerprint density at radius 3 is 2.72 bits per heavy atom. The van der Waals surface area contributed by atoms with Crippen molar-refractivity contribution < 1.29 is 18.3 Å². The van der Waals surface area contributed by atoms with E-state index in [1.54, 1.807) is 0 Å². The molecule has 6 heteroatoms. The summed E-state index contributed by atoms with van der Waals surface area (Å²) in [5.74, 6) is -3.72. The number of aliphatic hydroxyl groups is 1. The molecule has 1 aliphatic rings. The van der Waals surface area contributed by atoms with Crippen molar-refractivity contribution in [2.24, 2.45) is 0 Å². The Labute approximate surface area is 103 Å². The molecule has 2 rings (SSSR count). The van der Waals surface area contributed by atoms with E-state index in [0.29, 0.717) is 19.0 Å². The largest absolute Gasteiger partial charge is 0.394 e. The summed E-state index contributed by atoms with van der Waals surface area (Å²) in [5.41, 5.74) is 0. The second-order valence-electron chi connectivity index (χ2n) is 4.45. The molecule has 1 unspecified atom stereocenters. The topological polar surface area (TPSA) is 36.4 Å². The highest BCUT2D eigenvalue weighted by molar-refractivity contribution is 5.41. The van der Waals surface area contributed by atoms with Gasteiger partial charge in [-0.3, -0.25) is 0 Å². The summed E-state index contributed by atoms with van der Waals surface area (Å²) in [4.78, 5) is 4.87.